The highest BCUT2D eigenvalue weighted by atomic mass is 35.5. The molecule has 9 rings (SSSR count). The molecule has 4 atom stereocenters. The Morgan fingerprint density at radius 3 is 2.23 bits per heavy atom. The molecule has 4 fully saturated rings. The van der Waals surface area contributed by atoms with Crippen molar-refractivity contribution in [1.82, 2.24) is 25.8 Å². The first-order valence-corrected chi connectivity index (χ1v) is 28.5. The molecule has 5 heterocycles. The maximum atomic E-state index is 16.4. The van der Waals surface area contributed by atoms with Gasteiger partial charge in [-0.15, -0.1) is 0 Å². The van der Waals surface area contributed by atoms with Gasteiger partial charge in [0, 0.05) is 84.4 Å². The summed E-state index contributed by atoms with van der Waals surface area (Å²) in [6.07, 6.45) is 9.93. The fraction of sp³-hybridized carbons (Fsp3) is 0.475. The molecule has 2 spiro atoms. The quantitative estimate of drug-likeness (QED) is 0.0307. The highest BCUT2D eigenvalue weighted by Gasteiger charge is 2.72. The summed E-state index contributed by atoms with van der Waals surface area (Å²) in [7, 11) is 0. The number of amides is 7. The molecule has 3 aromatic rings. The monoisotopic (exact) mass is 1140 g/mol. The lowest BCUT2D eigenvalue weighted by atomic mass is 9.55. The zero-order valence-corrected chi connectivity index (χ0v) is 46.4. The van der Waals surface area contributed by atoms with Crippen LogP contribution in [0.2, 0.25) is 5.02 Å². The standard InChI is InChI=1S/C59H69Cl2FN8O10/c1-3-10-43(61)50(62)36(2)49-51(68-58(23-5-4-6-24-58)59(49)42-18-15-38(60)35-45(42)66-57(59)77)53(73)65-40-16-13-37(14-17-40)54(74)69-27-21-39(22-28-69)63-25-8-29-78-31-33-80-34-32-79-30-9-26-64-44-12-7-11-41-48(44)56(76)70(55(41)75)46-19-20-47(71)67-52(46)72/h3,7,10-18,35,39,46,49,51,63-64,68H,2,4-6,8-9,19-34H2,1H3,(H,65,73)(H,66,77)(H,67,71,72)/b10-3-,50-43-/t46?,49-,51+,59+/m0/s1. The van der Waals surface area contributed by atoms with E-state index in [1.54, 1.807) is 73.7 Å². The molecule has 1 unspecified atom stereocenters. The molecule has 1 aliphatic carbocycles. The van der Waals surface area contributed by atoms with Crippen molar-refractivity contribution in [2.45, 2.75) is 107 Å². The number of nitrogens with zero attached hydrogens (tertiary/aromatic N) is 2. The Hall–Kier alpha value is -6.32. The number of carbonyl (C=O) groups excluding carboxylic acids is 7. The second-order valence-corrected chi connectivity index (χ2v) is 22.0. The predicted octanol–water partition coefficient (Wildman–Crippen LogP) is 7.55. The largest absolute Gasteiger partial charge is 0.384 e. The summed E-state index contributed by atoms with van der Waals surface area (Å²) >= 11 is 12.9. The first-order chi connectivity index (χ1) is 38.7. The summed E-state index contributed by atoms with van der Waals surface area (Å²) in [5, 5.41) is 18.9. The third-order valence-electron chi connectivity index (χ3n) is 16.2. The zero-order valence-electron chi connectivity index (χ0n) is 44.9. The summed E-state index contributed by atoms with van der Waals surface area (Å²) in [4.78, 5) is 96.1. The van der Waals surface area contributed by atoms with Crippen LogP contribution in [0.5, 0.6) is 0 Å². The van der Waals surface area contributed by atoms with Gasteiger partial charge in [-0.2, -0.15) is 0 Å². The fourth-order valence-electron chi connectivity index (χ4n) is 12.5. The molecule has 7 amide bonds. The number of likely N-dealkylation sites (tertiary alicyclic amines) is 1. The van der Waals surface area contributed by atoms with Crippen molar-refractivity contribution in [1.29, 1.82) is 0 Å². The van der Waals surface area contributed by atoms with Crippen molar-refractivity contribution >= 4 is 81.6 Å². The van der Waals surface area contributed by atoms with Crippen LogP contribution in [0, 0.1) is 5.92 Å². The van der Waals surface area contributed by atoms with E-state index in [2.05, 4.69) is 38.5 Å². The number of piperidine rings is 2. The van der Waals surface area contributed by atoms with E-state index in [1.165, 1.54) is 6.08 Å². The highest BCUT2D eigenvalue weighted by Crippen LogP contribution is 2.62. The van der Waals surface area contributed by atoms with Crippen LogP contribution in [0.15, 0.2) is 95.8 Å². The van der Waals surface area contributed by atoms with Gasteiger partial charge in [0.1, 0.15) is 17.3 Å². The van der Waals surface area contributed by atoms with Gasteiger partial charge in [-0.05, 0) is 124 Å². The molecule has 1 saturated carbocycles. The topological polar surface area (TPSA) is 226 Å². The van der Waals surface area contributed by atoms with E-state index in [0.29, 0.717) is 112 Å². The van der Waals surface area contributed by atoms with E-state index in [-0.39, 0.29) is 52.4 Å². The van der Waals surface area contributed by atoms with Crippen LogP contribution >= 0.6 is 23.2 Å². The van der Waals surface area contributed by atoms with Gasteiger partial charge >= 0.3 is 0 Å². The average Bonchev–Trinajstić information content (AvgIpc) is 4.11. The number of fused-ring (bicyclic) bond motifs is 4. The van der Waals surface area contributed by atoms with Gasteiger partial charge in [-0.3, -0.25) is 49.1 Å². The van der Waals surface area contributed by atoms with E-state index in [1.807, 2.05) is 4.90 Å². The van der Waals surface area contributed by atoms with Gasteiger partial charge < -0.3 is 40.4 Å². The number of hydrogen-bond donors (Lipinski definition) is 6. The Balaban J connectivity index is 0.657. The number of hydrogen-bond acceptors (Lipinski definition) is 13. The molecule has 0 aromatic heterocycles. The molecular weight excluding hydrogens is 1070 g/mol. The van der Waals surface area contributed by atoms with Gasteiger partial charge in [0.05, 0.1) is 48.6 Å². The lowest BCUT2D eigenvalue weighted by Gasteiger charge is -2.47. The normalized spacial score (nSPS) is 22.9. The van der Waals surface area contributed by atoms with Crippen molar-refractivity contribution in [3.63, 3.8) is 0 Å². The molecule has 6 N–H and O–H groups in total. The zero-order chi connectivity index (χ0) is 56.6. The maximum absolute atomic E-state index is 16.4. The lowest BCUT2D eigenvalue weighted by Crippen LogP contribution is -2.60. The minimum atomic E-state index is -1.41. The molecule has 6 aliphatic rings. The van der Waals surface area contributed by atoms with Gasteiger partial charge in [0.2, 0.25) is 23.6 Å². The second-order valence-electron chi connectivity index (χ2n) is 21.1. The summed E-state index contributed by atoms with van der Waals surface area (Å²) in [5.74, 6) is -4.98. The fourth-order valence-corrected chi connectivity index (χ4v) is 12.9. The number of allylic oxidation sites excluding steroid dienone is 4. The first kappa shape index (κ1) is 58.3. The van der Waals surface area contributed by atoms with Gasteiger partial charge in [0.15, 0.2) is 0 Å². The van der Waals surface area contributed by atoms with Gasteiger partial charge in [0.25, 0.3) is 17.7 Å². The second kappa shape index (κ2) is 26.1. The van der Waals surface area contributed by atoms with E-state index >= 15 is 4.39 Å². The van der Waals surface area contributed by atoms with Gasteiger partial charge in [-0.1, -0.05) is 67.3 Å². The molecule has 3 saturated heterocycles. The van der Waals surface area contributed by atoms with Crippen molar-refractivity contribution < 1.29 is 52.2 Å². The number of benzene rings is 3. The van der Waals surface area contributed by atoms with Crippen LogP contribution in [0.25, 0.3) is 0 Å². The number of carbonyl (C=O) groups is 7. The van der Waals surface area contributed by atoms with E-state index in [4.69, 9.17) is 37.4 Å². The molecular formula is C59H69Cl2FN8O10. The lowest BCUT2D eigenvalue weighted by molar-refractivity contribution is -0.136. The molecule has 426 valence electrons. The third kappa shape index (κ3) is 12.0. The number of nitrogens with one attached hydrogen (secondary N) is 6. The van der Waals surface area contributed by atoms with E-state index in [0.717, 1.165) is 50.0 Å². The summed E-state index contributed by atoms with van der Waals surface area (Å²) < 4.78 is 33.5. The minimum absolute atomic E-state index is 0.0564. The molecule has 80 heavy (non-hydrogen) atoms. The van der Waals surface area contributed by atoms with Crippen LogP contribution in [0.3, 0.4) is 0 Å². The minimum Gasteiger partial charge on any atom is -0.384 e. The SMILES string of the molecule is C=C(/C(F)=C(Cl)\C=C/C)[C@H]1[C@H](C(=O)Nc2ccc(C(=O)N3CCC(NCCCOCCOCCOCCCNc4cccc5c4C(=O)N(C4CCC(=O)NC4=O)C5=O)CC3)cc2)NC2(CCCCC2)[C@@]12C(=O)Nc1cc(Cl)ccc12. The Morgan fingerprint density at radius 2 is 1.54 bits per heavy atom. The third-order valence-corrected chi connectivity index (χ3v) is 16.8. The molecule has 21 heteroatoms. The maximum Gasteiger partial charge on any atom is 0.264 e. The molecule has 0 radical (unpaired) electrons. The van der Waals surface area contributed by atoms with Crippen molar-refractivity contribution in [3.8, 4) is 0 Å². The van der Waals surface area contributed by atoms with Crippen LogP contribution < -0.4 is 31.9 Å². The Labute approximate surface area is 474 Å². The number of ether oxygens (including phenoxy) is 3. The summed E-state index contributed by atoms with van der Waals surface area (Å²) in [6.45, 7) is 11.1. The first-order valence-electron chi connectivity index (χ1n) is 27.7. The van der Waals surface area contributed by atoms with Crippen LogP contribution in [-0.4, -0.2) is 141 Å². The van der Waals surface area contributed by atoms with Crippen LogP contribution in [0.4, 0.5) is 21.5 Å². The molecule has 5 aliphatic heterocycles. The molecule has 0 bridgehead atoms. The molecule has 18 nitrogen and oxygen atoms in total. The summed E-state index contributed by atoms with van der Waals surface area (Å²) in [6, 6.07) is 15.0. The molecule has 3 aromatic carbocycles. The summed E-state index contributed by atoms with van der Waals surface area (Å²) in [5.41, 5.74) is 0.629. The number of imide groups is 2. The number of rotatable bonds is 23. The van der Waals surface area contributed by atoms with Gasteiger partial charge in [-0.25, -0.2) is 4.39 Å². The van der Waals surface area contributed by atoms with Crippen molar-refractivity contribution in [3.05, 3.63) is 123 Å². The Bertz CT molecular complexity index is 2940. The Kier molecular flexibility index (Phi) is 19.0. The van der Waals surface area contributed by atoms with Crippen molar-refractivity contribution in [2.24, 2.45) is 5.92 Å². The average molecular weight is 1140 g/mol. The predicted molar refractivity (Wildman–Crippen MR) is 301 cm³/mol. The highest BCUT2D eigenvalue weighted by molar-refractivity contribution is 6.32. The van der Waals surface area contributed by atoms with Crippen LogP contribution in [0.1, 0.15) is 114 Å². The smallest absolute Gasteiger partial charge is 0.264 e. The van der Waals surface area contributed by atoms with Crippen LogP contribution in [-0.2, 0) is 38.8 Å². The number of halogens is 3. The van der Waals surface area contributed by atoms with Crippen molar-refractivity contribution in [2.75, 3.05) is 81.8 Å². The Morgan fingerprint density at radius 1 is 0.850 bits per heavy atom. The number of anilines is 3. The van der Waals surface area contributed by atoms with E-state index in [9.17, 15) is 33.6 Å². The van der Waals surface area contributed by atoms with E-state index < -0.39 is 64.3 Å².